The third kappa shape index (κ3) is 2.88. The number of aromatic nitrogens is 2. The molecule has 0 spiro atoms. The van der Waals surface area contributed by atoms with Crippen molar-refractivity contribution in [3.8, 4) is 5.69 Å². The van der Waals surface area contributed by atoms with Crippen LogP contribution in [0.1, 0.15) is 28.0 Å². The van der Waals surface area contributed by atoms with E-state index in [9.17, 15) is 18.8 Å². The molecule has 0 saturated carbocycles. The van der Waals surface area contributed by atoms with E-state index < -0.39 is 23.0 Å². The summed E-state index contributed by atoms with van der Waals surface area (Å²) in [4.78, 5) is 37.5. The fourth-order valence-electron chi connectivity index (χ4n) is 3.11. The number of fused-ring (bicyclic) bond motifs is 1. The summed E-state index contributed by atoms with van der Waals surface area (Å²) in [5, 5.41) is -0.175. The van der Waals surface area contributed by atoms with E-state index in [1.165, 1.54) is 17.7 Å². The normalized spacial score (nSPS) is 12.7. The number of halogens is 2. The Morgan fingerprint density at radius 3 is 2.81 bits per heavy atom. The van der Waals surface area contributed by atoms with Gasteiger partial charge in [-0.3, -0.25) is 4.79 Å². The van der Waals surface area contributed by atoms with Crippen molar-refractivity contribution in [2.45, 2.75) is 19.3 Å². The first-order chi connectivity index (χ1) is 12.4. The van der Waals surface area contributed by atoms with E-state index in [2.05, 4.69) is 6.58 Å². The number of ether oxygens (including phenoxy) is 1. The van der Waals surface area contributed by atoms with Gasteiger partial charge in [-0.2, -0.15) is 0 Å². The van der Waals surface area contributed by atoms with E-state index in [1.807, 2.05) is 0 Å². The maximum Gasteiger partial charge on any atom is 0.340 e. The number of carbonyl (C=O) groups is 1. The van der Waals surface area contributed by atoms with Gasteiger partial charge in [-0.1, -0.05) is 24.3 Å². The van der Waals surface area contributed by atoms with Crippen LogP contribution in [0.5, 0.6) is 0 Å². The van der Waals surface area contributed by atoms with Gasteiger partial charge in [-0.25, -0.2) is 18.5 Å². The molecule has 1 heterocycles. The smallest absolute Gasteiger partial charge is 0.340 e. The molecule has 1 aliphatic rings. The van der Waals surface area contributed by atoms with Crippen LogP contribution in [0.15, 0.2) is 34.4 Å². The molecule has 0 atom stereocenters. The Hall–Kier alpha value is -2.67. The second kappa shape index (κ2) is 6.92. The lowest BCUT2D eigenvalue weighted by molar-refractivity contribution is 0.0550. The Morgan fingerprint density at radius 2 is 2.12 bits per heavy atom. The second-order valence-corrected chi connectivity index (χ2v) is 6.34. The zero-order valence-electron chi connectivity index (χ0n) is 14.1. The first-order valence-corrected chi connectivity index (χ1v) is 8.35. The van der Waals surface area contributed by atoms with Gasteiger partial charge in [0.25, 0.3) is 5.56 Å². The average molecular weight is 379 g/mol. The van der Waals surface area contributed by atoms with Crippen molar-refractivity contribution in [3.63, 3.8) is 0 Å². The zero-order chi connectivity index (χ0) is 19.0. The predicted octanol–water partition coefficient (Wildman–Crippen LogP) is 2.16. The molecule has 0 amide bonds. The van der Waals surface area contributed by atoms with Gasteiger partial charge in [0.05, 0.1) is 16.3 Å². The van der Waals surface area contributed by atoms with Crippen molar-refractivity contribution in [1.29, 1.82) is 0 Å². The van der Waals surface area contributed by atoms with Crippen LogP contribution in [-0.2, 0) is 24.6 Å². The molecule has 0 radical (unpaired) electrons. The highest BCUT2D eigenvalue weighted by atomic mass is 35.5. The maximum absolute atomic E-state index is 14.5. The molecule has 0 bridgehead atoms. The monoisotopic (exact) mass is 378 g/mol. The van der Waals surface area contributed by atoms with Gasteiger partial charge in [0.2, 0.25) is 0 Å². The van der Waals surface area contributed by atoms with Crippen LogP contribution in [0.2, 0.25) is 5.02 Å². The van der Waals surface area contributed by atoms with Crippen molar-refractivity contribution in [1.82, 2.24) is 9.13 Å². The standard InChI is InChI=1S/C18H16ClFN2O4/c1-3-7-26-17(24)11-8-15(13(20)9-12(11)19)22-16(23)10-5-4-6-14(10)21(2)18(22)25/h3,8-9H,1,4-7H2,2H3. The first-order valence-electron chi connectivity index (χ1n) is 7.98. The Labute approximate surface area is 153 Å². The summed E-state index contributed by atoms with van der Waals surface area (Å²) in [5.74, 6) is -1.69. The molecule has 26 heavy (non-hydrogen) atoms. The van der Waals surface area contributed by atoms with Crippen LogP contribution >= 0.6 is 11.6 Å². The second-order valence-electron chi connectivity index (χ2n) is 5.93. The van der Waals surface area contributed by atoms with Crippen LogP contribution in [-0.4, -0.2) is 21.7 Å². The van der Waals surface area contributed by atoms with E-state index in [4.69, 9.17) is 16.3 Å². The molecule has 3 rings (SSSR count). The Morgan fingerprint density at radius 1 is 1.38 bits per heavy atom. The summed E-state index contributed by atoms with van der Waals surface area (Å²) in [6, 6.07) is 1.95. The van der Waals surface area contributed by atoms with Gasteiger partial charge in [0.15, 0.2) is 0 Å². The highest BCUT2D eigenvalue weighted by Gasteiger charge is 2.25. The molecule has 136 valence electrons. The van der Waals surface area contributed by atoms with Crippen molar-refractivity contribution in [2.75, 3.05) is 6.61 Å². The summed E-state index contributed by atoms with van der Waals surface area (Å²) < 4.78 is 21.5. The van der Waals surface area contributed by atoms with Gasteiger partial charge >= 0.3 is 11.7 Å². The van der Waals surface area contributed by atoms with Crippen molar-refractivity contribution in [3.05, 3.63) is 73.3 Å². The zero-order valence-corrected chi connectivity index (χ0v) is 14.8. The maximum atomic E-state index is 14.5. The molecule has 8 heteroatoms. The van der Waals surface area contributed by atoms with E-state index in [0.29, 0.717) is 24.1 Å². The summed E-state index contributed by atoms with van der Waals surface area (Å²) in [5.41, 5.74) is -0.581. The third-order valence-electron chi connectivity index (χ3n) is 4.36. The SMILES string of the molecule is C=CCOC(=O)c1cc(-n2c(=O)c3c(n(C)c2=O)CCC3)c(F)cc1Cl. The van der Waals surface area contributed by atoms with Gasteiger partial charge < -0.3 is 9.30 Å². The van der Waals surface area contributed by atoms with Crippen molar-refractivity contribution < 1.29 is 13.9 Å². The Balaban J connectivity index is 2.24. The number of hydrogen-bond donors (Lipinski definition) is 0. The molecule has 0 N–H and O–H groups in total. The molecule has 0 saturated heterocycles. The largest absolute Gasteiger partial charge is 0.458 e. The summed E-state index contributed by atoms with van der Waals surface area (Å²) in [7, 11) is 1.54. The van der Waals surface area contributed by atoms with Crippen molar-refractivity contribution >= 4 is 17.6 Å². The number of nitrogens with zero attached hydrogens (tertiary/aromatic N) is 2. The van der Waals surface area contributed by atoms with Crippen LogP contribution in [0.3, 0.4) is 0 Å². The molecule has 0 aliphatic heterocycles. The van der Waals surface area contributed by atoms with Gasteiger partial charge in [0, 0.05) is 18.3 Å². The fraction of sp³-hybridized carbons (Fsp3) is 0.278. The molecule has 0 unspecified atom stereocenters. The molecule has 1 aromatic heterocycles. The molecule has 2 aromatic rings. The Bertz CT molecular complexity index is 1040. The van der Waals surface area contributed by atoms with E-state index in [0.717, 1.165) is 23.1 Å². The summed E-state index contributed by atoms with van der Waals surface area (Å²) >= 11 is 5.93. The Kier molecular flexibility index (Phi) is 4.82. The van der Waals surface area contributed by atoms with E-state index in [-0.39, 0.29) is 22.9 Å². The summed E-state index contributed by atoms with van der Waals surface area (Å²) in [6.45, 7) is 3.38. The predicted molar refractivity (Wildman–Crippen MR) is 94.8 cm³/mol. The first kappa shape index (κ1) is 18.1. The van der Waals surface area contributed by atoms with Crippen molar-refractivity contribution in [2.24, 2.45) is 7.05 Å². The number of rotatable bonds is 4. The number of esters is 1. The topological polar surface area (TPSA) is 70.3 Å². The van der Waals surface area contributed by atoms with Crippen LogP contribution in [0.4, 0.5) is 4.39 Å². The molecule has 6 nitrogen and oxygen atoms in total. The lowest BCUT2D eigenvalue weighted by Gasteiger charge is -2.14. The van der Waals surface area contributed by atoms with Gasteiger partial charge in [-0.05, 0) is 31.4 Å². The lowest BCUT2D eigenvalue weighted by atomic mass is 10.1. The molecule has 0 fully saturated rings. The number of carbonyl (C=O) groups excluding carboxylic acids is 1. The van der Waals surface area contributed by atoms with E-state index in [1.54, 1.807) is 0 Å². The lowest BCUT2D eigenvalue weighted by Crippen LogP contribution is -2.41. The number of hydrogen-bond acceptors (Lipinski definition) is 4. The molecular formula is C18H16ClFN2O4. The van der Waals surface area contributed by atoms with Crippen LogP contribution in [0.25, 0.3) is 5.69 Å². The molecule has 1 aliphatic carbocycles. The third-order valence-corrected chi connectivity index (χ3v) is 4.68. The van der Waals surface area contributed by atoms with E-state index >= 15 is 0 Å². The van der Waals surface area contributed by atoms with Gasteiger partial charge in [-0.15, -0.1) is 0 Å². The minimum absolute atomic E-state index is 0.0531. The minimum Gasteiger partial charge on any atom is -0.458 e. The minimum atomic E-state index is -0.882. The van der Waals surface area contributed by atoms with Gasteiger partial charge in [0.1, 0.15) is 12.4 Å². The molecule has 1 aromatic carbocycles. The fourth-order valence-corrected chi connectivity index (χ4v) is 3.33. The average Bonchev–Trinajstić information content (AvgIpc) is 3.09. The van der Waals surface area contributed by atoms with Crippen LogP contribution in [0, 0.1) is 5.82 Å². The quantitative estimate of drug-likeness (QED) is 0.604. The van der Waals surface area contributed by atoms with Crippen LogP contribution < -0.4 is 11.2 Å². The highest BCUT2D eigenvalue weighted by molar-refractivity contribution is 6.33. The highest BCUT2D eigenvalue weighted by Crippen LogP contribution is 2.24. The number of benzene rings is 1. The summed E-state index contributed by atoms with van der Waals surface area (Å²) in [6.07, 6.45) is 3.27. The molecular weight excluding hydrogens is 363 g/mol.